The summed E-state index contributed by atoms with van der Waals surface area (Å²) in [6, 6.07) is 2.01. The van der Waals surface area contributed by atoms with Gasteiger partial charge in [-0.1, -0.05) is 0 Å². The molecule has 0 radical (unpaired) electrons. The van der Waals surface area contributed by atoms with Crippen molar-refractivity contribution < 1.29 is 5.11 Å². The number of nitrogens with zero attached hydrogens (tertiary/aromatic N) is 2. The molecule has 0 fully saturated rings. The molecule has 0 atom stereocenters. The van der Waals surface area contributed by atoms with Gasteiger partial charge < -0.3 is 10.4 Å². The molecule has 0 spiro atoms. The molecule has 80 valence electrons. The molecule has 0 saturated carbocycles. The number of nitrogens with one attached hydrogen (secondary N) is 1. The zero-order valence-corrected chi connectivity index (χ0v) is 9.12. The fourth-order valence-corrected chi connectivity index (χ4v) is 1.21. The number of aryl methyl sites for hydroxylation is 1. The molecular weight excluding hydrogens is 178 g/mol. The third-order valence-electron chi connectivity index (χ3n) is 1.88. The van der Waals surface area contributed by atoms with E-state index in [0.717, 1.165) is 18.7 Å². The molecular formula is C10H19N3O. The fourth-order valence-electron chi connectivity index (χ4n) is 1.21. The first kappa shape index (κ1) is 11.2. The van der Waals surface area contributed by atoms with E-state index in [0.29, 0.717) is 6.54 Å². The van der Waals surface area contributed by atoms with E-state index in [4.69, 9.17) is 0 Å². The van der Waals surface area contributed by atoms with E-state index >= 15 is 0 Å². The van der Waals surface area contributed by atoms with Crippen molar-refractivity contribution in [3.63, 3.8) is 0 Å². The van der Waals surface area contributed by atoms with E-state index in [1.54, 1.807) is 18.5 Å². The van der Waals surface area contributed by atoms with Gasteiger partial charge in [-0.15, -0.1) is 0 Å². The summed E-state index contributed by atoms with van der Waals surface area (Å²) in [5, 5.41) is 16.9. The normalized spacial score (nSPS) is 12.0. The Hall–Kier alpha value is -0.870. The van der Waals surface area contributed by atoms with Crippen LogP contribution in [0.4, 0.5) is 0 Å². The van der Waals surface area contributed by atoms with E-state index in [1.165, 1.54) is 0 Å². The van der Waals surface area contributed by atoms with Crippen LogP contribution in [0.5, 0.6) is 0 Å². The minimum atomic E-state index is -0.635. The van der Waals surface area contributed by atoms with Crippen molar-refractivity contribution >= 4 is 0 Å². The lowest BCUT2D eigenvalue weighted by Gasteiger charge is -2.17. The second-order valence-corrected chi connectivity index (χ2v) is 4.22. The van der Waals surface area contributed by atoms with Crippen molar-refractivity contribution in [3.8, 4) is 0 Å². The molecule has 0 unspecified atom stereocenters. The van der Waals surface area contributed by atoms with Gasteiger partial charge in [-0.2, -0.15) is 5.10 Å². The Morgan fingerprint density at radius 2 is 2.29 bits per heavy atom. The quantitative estimate of drug-likeness (QED) is 0.669. The van der Waals surface area contributed by atoms with E-state index in [1.807, 2.05) is 19.3 Å². The van der Waals surface area contributed by atoms with Crippen molar-refractivity contribution in [2.45, 2.75) is 25.9 Å². The Balaban J connectivity index is 2.16. The van der Waals surface area contributed by atoms with Gasteiger partial charge in [0, 0.05) is 32.8 Å². The highest BCUT2D eigenvalue weighted by Gasteiger charge is 2.10. The van der Waals surface area contributed by atoms with Crippen LogP contribution < -0.4 is 5.32 Å². The maximum absolute atomic E-state index is 9.44. The summed E-state index contributed by atoms with van der Waals surface area (Å²) in [5.41, 5.74) is 0.445. The molecule has 4 nitrogen and oxygen atoms in total. The topological polar surface area (TPSA) is 50.1 Å². The van der Waals surface area contributed by atoms with E-state index in [9.17, 15) is 5.11 Å². The highest BCUT2D eigenvalue weighted by atomic mass is 16.3. The summed E-state index contributed by atoms with van der Waals surface area (Å²) >= 11 is 0. The summed E-state index contributed by atoms with van der Waals surface area (Å²) in [4.78, 5) is 0. The third kappa shape index (κ3) is 4.39. The van der Waals surface area contributed by atoms with Gasteiger partial charge in [-0.25, -0.2) is 0 Å². The second-order valence-electron chi connectivity index (χ2n) is 4.22. The van der Waals surface area contributed by atoms with Crippen LogP contribution >= 0.6 is 0 Å². The SMILES string of the molecule is Cn1ccc(CCNCC(C)(C)O)n1. The number of aromatic nitrogens is 2. The molecule has 2 N–H and O–H groups in total. The summed E-state index contributed by atoms with van der Waals surface area (Å²) in [6.07, 6.45) is 2.84. The first-order chi connectivity index (χ1) is 6.47. The lowest BCUT2D eigenvalue weighted by Crippen LogP contribution is -2.35. The maximum atomic E-state index is 9.44. The largest absolute Gasteiger partial charge is 0.389 e. The smallest absolute Gasteiger partial charge is 0.0715 e. The van der Waals surface area contributed by atoms with Crippen molar-refractivity contribution in [2.75, 3.05) is 13.1 Å². The van der Waals surface area contributed by atoms with Crippen LogP contribution in [0.3, 0.4) is 0 Å². The lowest BCUT2D eigenvalue weighted by molar-refractivity contribution is 0.0801. The Kier molecular flexibility index (Phi) is 3.66. The minimum absolute atomic E-state index is 0.611. The molecule has 1 rings (SSSR count). The third-order valence-corrected chi connectivity index (χ3v) is 1.88. The molecule has 0 aliphatic carbocycles. The molecule has 1 aromatic heterocycles. The first-order valence-corrected chi connectivity index (χ1v) is 4.89. The van der Waals surface area contributed by atoms with Crippen LogP contribution in [-0.2, 0) is 13.5 Å². The van der Waals surface area contributed by atoms with Crippen molar-refractivity contribution in [1.29, 1.82) is 0 Å². The number of rotatable bonds is 5. The highest BCUT2D eigenvalue weighted by Crippen LogP contribution is 1.98. The molecule has 14 heavy (non-hydrogen) atoms. The number of hydrogen-bond donors (Lipinski definition) is 2. The van der Waals surface area contributed by atoms with Gasteiger partial charge in [-0.3, -0.25) is 4.68 Å². The zero-order chi connectivity index (χ0) is 10.6. The van der Waals surface area contributed by atoms with Crippen LogP contribution in [-0.4, -0.2) is 33.6 Å². The average molecular weight is 197 g/mol. The molecule has 0 bridgehead atoms. The van der Waals surface area contributed by atoms with Gasteiger partial charge in [0.1, 0.15) is 0 Å². The minimum Gasteiger partial charge on any atom is -0.389 e. The molecule has 1 heterocycles. The number of hydrogen-bond acceptors (Lipinski definition) is 3. The molecule has 1 aromatic rings. The van der Waals surface area contributed by atoms with Gasteiger partial charge in [0.25, 0.3) is 0 Å². The molecule has 0 aliphatic rings. The average Bonchev–Trinajstić information content (AvgIpc) is 2.44. The van der Waals surface area contributed by atoms with Gasteiger partial charge in [0.05, 0.1) is 11.3 Å². The van der Waals surface area contributed by atoms with Crippen molar-refractivity contribution in [3.05, 3.63) is 18.0 Å². The Labute approximate surface area is 84.9 Å². The molecule has 0 aliphatic heterocycles. The van der Waals surface area contributed by atoms with Gasteiger partial charge in [-0.05, 0) is 19.9 Å². The first-order valence-electron chi connectivity index (χ1n) is 4.89. The van der Waals surface area contributed by atoms with Gasteiger partial charge >= 0.3 is 0 Å². The van der Waals surface area contributed by atoms with Crippen LogP contribution in [0.2, 0.25) is 0 Å². The van der Waals surface area contributed by atoms with E-state index in [2.05, 4.69) is 10.4 Å². The Morgan fingerprint density at radius 3 is 2.79 bits per heavy atom. The Bertz CT molecular complexity index is 275. The predicted molar refractivity (Wildman–Crippen MR) is 56.1 cm³/mol. The molecule has 4 heteroatoms. The maximum Gasteiger partial charge on any atom is 0.0715 e. The molecule has 0 amide bonds. The molecule has 0 saturated heterocycles. The monoisotopic (exact) mass is 197 g/mol. The molecule has 0 aromatic carbocycles. The second kappa shape index (κ2) is 4.57. The van der Waals surface area contributed by atoms with Crippen LogP contribution in [0.1, 0.15) is 19.5 Å². The summed E-state index contributed by atoms with van der Waals surface area (Å²) in [7, 11) is 1.91. The standard InChI is InChI=1S/C10H19N3O/c1-10(2,14)8-11-6-4-9-5-7-13(3)12-9/h5,7,11,14H,4,6,8H2,1-3H3. The van der Waals surface area contributed by atoms with Crippen LogP contribution in [0.15, 0.2) is 12.3 Å². The Morgan fingerprint density at radius 1 is 1.57 bits per heavy atom. The van der Waals surface area contributed by atoms with E-state index in [-0.39, 0.29) is 0 Å². The summed E-state index contributed by atoms with van der Waals surface area (Å²) in [5.74, 6) is 0. The predicted octanol–water partition coefficient (Wildman–Crippen LogP) is 0.323. The lowest BCUT2D eigenvalue weighted by atomic mass is 10.1. The number of aliphatic hydroxyl groups is 1. The van der Waals surface area contributed by atoms with Crippen LogP contribution in [0, 0.1) is 0 Å². The fraction of sp³-hybridized carbons (Fsp3) is 0.700. The van der Waals surface area contributed by atoms with E-state index < -0.39 is 5.60 Å². The zero-order valence-electron chi connectivity index (χ0n) is 9.12. The van der Waals surface area contributed by atoms with Gasteiger partial charge in [0.15, 0.2) is 0 Å². The van der Waals surface area contributed by atoms with Crippen molar-refractivity contribution in [1.82, 2.24) is 15.1 Å². The summed E-state index contributed by atoms with van der Waals surface area (Å²) in [6.45, 7) is 5.04. The highest BCUT2D eigenvalue weighted by molar-refractivity contribution is 4.98. The van der Waals surface area contributed by atoms with Crippen molar-refractivity contribution in [2.24, 2.45) is 7.05 Å². The van der Waals surface area contributed by atoms with Gasteiger partial charge in [0.2, 0.25) is 0 Å². The van der Waals surface area contributed by atoms with Crippen LogP contribution in [0.25, 0.3) is 0 Å². The summed E-state index contributed by atoms with van der Waals surface area (Å²) < 4.78 is 1.80.